The number of aliphatic hydroxyl groups excluding tert-OH is 1. The summed E-state index contributed by atoms with van der Waals surface area (Å²) in [4.78, 5) is 17.7. The Hall–Kier alpha value is -2.05. The predicted octanol–water partition coefficient (Wildman–Crippen LogP) is 3.02. The molecule has 2 unspecified atom stereocenters. The third-order valence-corrected chi connectivity index (χ3v) is 4.02. The third kappa shape index (κ3) is 4.03. The third-order valence-electron chi connectivity index (χ3n) is 3.79. The van der Waals surface area contributed by atoms with Crippen LogP contribution in [0.25, 0.3) is 0 Å². The van der Waals surface area contributed by atoms with Gasteiger partial charge in [-0.05, 0) is 37.1 Å². The minimum Gasteiger partial charge on any atom is -0.488 e. The molecule has 122 valence electrons. The molecule has 2 atom stereocenters. The van der Waals surface area contributed by atoms with Crippen LogP contribution in [0, 0.1) is 0 Å². The fraction of sp³-hybridized carbons (Fsp3) is 0.375. The van der Waals surface area contributed by atoms with Gasteiger partial charge in [0.05, 0.1) is 11.8 Å². The van der Waals surface area contributed by atoms with Crippen LogP contribution >= 0.6 is 11.6 Å². The number of anilines is 1. The molecule has 2 aliphatic rings. The van der Waals surface area contributed by atoms with E-state index in [1.54, 1.807) is 36.7 Å². The zero-order valence-corrected chi connectivity index (χ0v) is 13.2. The van der Waals surface area contributed by atoms with E-state index in [9.17, 15) is 9.90 Å². The van der Waals surface area contributed by atoms with Gasteiger partial charge in [0.25, 0.3) is 0 Å². The summed E-state index contributed by atoms with van der Waals surface area (Å²) in [7, 11) is 0. The summed E-state index contributed by atoms with van der Waals surface area (Å²) >= 11 is 6.03. The molecule has 0 aromatic heterocycles. The minimum absolute atomic E-state index is 0.0543. The van der Waals surface area contributed by atoms with Crippen molar-refractivity contribution >= 4 is 29.5 Å². The Morgan fingerprint density at radius 2 is 2.30 bits per heavy atom. The molecule has 1 aliphatic heterocycles. The summed E-state index contributed by atoms with van der Waals surface area (Å²) in [6.45, 7) is 0.272. The van der Waals surface area contributed by atoms with Gasteiger partial charge >= 0.3 is 6.03 Å². The van der Waals surface area contributed by atoms with Gasteiger partial charge in [0, 0.05) is 23.9 Å². The molecular formula is C16H18ClN3O3. The van der Waals surface area contributed by atoms with Crippen molar-refractivity contribution in [2.75, 3.05) is 12.0 Å². The summed E-state index contributed by atoms with van der Waals surface area (Å²) in [6.07, 6.45) is 6.74. The highest BCUT2D eigenvalue weighted by atomic mass is 35.5. The molecule has 1 aromatic rings. The quantitative estimate of drug-likeness (QED) is 0.891. The number of halogens is 1. The smallest absolute Gasteiger partial charge is 0.327 e. The summed E-state index contributed by atoms with van der Waals surface area (Å²) in [5, 5.41) is 12.9. The number of ether oxygens (including phenoxy) is 1. The molecule has 0 radical (unpaired) electrons. The van der Waals surface area contributed by atoms with Gasteiger partial charge in [-0.3, -0.25) is 9.89 Å². The number of carbonyl (C=O) groups excluding carboxylic acids is 1. The van der Waals surface area contributed by atoms with E-state index in [1.807, 2.05) is 0 Å². The summed E-state index contributed by atoms with van der Waals surface area (Å²) in [5.41, 5.74) is 0.506. The number of nitrogens with one attached hydrogen (secondary N) is 1. The van der Waals surface area contributed by atoms with Crippen molar-refractivity contribution in [2.45, 2.75) is 31.5 Å². The van der Waals surface area contributed by atoms with Crippen molar-refractivity contribution in [3.05, 3.63) is 35.5 Å². The molecule has 6 nitrogen and oxygen atoms in total. The topological polar surface area (TPSA) is 74.2 Å². The van der Waals surface area contributed by atoms with Crippen LogP contribution in [0.4, 0.5) is 10.5 Å². The monoisotopic (exact) mass is 335 g/mol. The van der Waals surface area contributed by atoms with Gasteiger partial charge < -0.3 is 15.2 Å². The van der Waals surface area contributed by atoms with Gasteiger partial charge in [-0.15, -0.1) is 0 Å². The lowest BCUT2D eigenvalue weighted by Gasteiger charge is -2.21. The second-order valence-electron chi connectivity index (χ2n) is 5.56. The number of aliphatic hydroxyl groups is 1. The molecule has 1 heterocycles. The van der Waals surface area contributed by atoms with Crippen molar-refractivity contribution < 1.29 is 14.6 Å². The Morgan fingerprint density at radius 1 is 1.43 bits per heavy atom. The standard InChI is InChI=1S/C16H18ClN3O3/c17-11-2-5-15(23-13-4-3-12(21)9-13)14(8-11)19-16(22)20-7-1-6-18-10-20/h1-2,5-8,12-13,21H,3-4,9-10H2,(H,19,22). The van der Waals surface area contributed by atoms with Gasteiger partial charge in [0.1, 0.15) is 18.5 Å². The van der Waals surface area contributed by atoms with E-state index in [2.05, 4.69) is 10.3 Å². The van der Waals surface area contributed by atoms with Crippen molar-refractivity contribution in [1.82, 2.24) is 4.90 Å². The lowest BCUT2D eigenvalue weighted by molar-refractivity contribution is 0.150. The van der Waals surface area contributed by atoms with E-state index < -0.39 is 0 Å². The molecule has 1 aromatic carbocycles. The number of amides is 2. The number of aliphatic imine (C=N–C) groups is 1. The second-order valence-corrected chi connectivity index (χ2v) is 6.00. The highest BCUT2D eigenvalue weighted by Gasteiger charge is 2.25. The zero-order valence-electron chi connectivity index (χ0n) is 12.5. The SMILES string of the molecule is O=C(Nc1cc(Cl)ccc1OC1CCC(O)C1)N1C=CC=NC1. The number of carbonyl (C=O) groups is 1. The van der Waals surface area contributed by atoms with Crippen LogP contribution in [0.1, 0.15) is 19.3 Å². The Labute approximate surface area is 139 Å². The average Bonchev–Trinajstić information content (AvgIpc) is 2.96. The van der Waals surface area contributed by atoms with Gasteiger partial charge in [-0.1, -0.05) is 11.6 Å². The van der Waals surface area contributed by atoms with Crippen LogP contribution < -0.4 is 10.1 Å². The fourth-order valence-corrected chi connectivity index (χ4v) is 2.78. The highest BCUT2D eigenvalue weighted by Crippen LogP contribution is 2.32. The fourth-order valence-electron chi connectivity index (χ4n) is 2.61. The first kappa shape index (κ1) is 15.8. The molecule has 2 N–H and O–H groups in total. The normalized spacial score (nSPS) is 23.1. The van der Waals surface area contributed by atoms with Crippen LogP contribution in [-0.2, 0) is 0 Å². The second kappa shape index (κ2) is 7.02. The molecule has 0 spiro atoms. The van der Waals surface area contributed by atoms with E-state index in [1.165, 1.54) is 4.90 Å². The van der Waals surface area contributed by atoms with Crippen LogP contribution in [-0.4, -0.2) is 41.1 Å². The average molecular weight is 336 g/mol. The largest absolute Gasteiger partial charge is 0.488 e. The van der Waals surface area contributed by atoms with Gasteiger partial charge in [0.2, 0.25) is 0 Å². The first-order valence-corrected chi connectivity index (χ1v) is 7.88. The van der Waals surface area contributed by atoms with Crippen LogP contribution in [0.15, 0.2) is 35.5 Å². The van der Waals surface area contributed by atoms with E-state index in [0.717, 1.165) is 12.8 Å². The van der Waals surface area contributed by atoms with E-state index >= 15 is 0 Å². The molecule has 23 heavy (non-hydrogen) atoms. The number of benzene rings is 1. The van der Waals surface area contributed by atoms with Gasteiger partial charge in [0.15, 0.2) is 0 Å². The van der Waals surface area contributed by atoms with Crippen molar-refractivity contribution in [3.63, 3.8) is 0 Å². The molecule has 7 heteroatoms. The molecule has 0 bridgehead atoms. The van der Waals surface area contributed by atoms with Crippen molar-refractivity contribution in [1.29, 1.82) is 0 Å². The highest BCUT2D eigenvalue weighted by molar-refractivity contribution is 6.31. The summed E-state index contributed by atoms with van der Waals surface area (Å²) < 4.78 is 5.92. The molecule has 2 amide bonds. The number of hydrogen-bond donors (Lipinski definition) is 2. The van der Waals surface area contributed by atoms with Gasteiger partial charge in [-0.25, -0.2) is 4.79 Å². The lowest BCUT2D eigenvalue weighted by atomic mass is 10.2. The molecule has 1 aliphatic carbocycles. The molecule has 3 rings (SSSR count). The van der Waals surface area contributed by atoms with Crippen molar-refractivity contribution in [2.24, 2.45) is 4.99 Å². The maximum atomic E-state index is 12.3. The first-order chi connectivity index (χ1) is 11.1. The predicted molar refractivity (Wildman–Crippen MR) is 89.1 cm³/mol. The van der Waals surface area contributed by atoms with Crippen molar-refractivity contribution in [3.8, 4) is 5.75 Å². The molecule has 1 fully saturated rings. The Bertz CT molecular complexity index is 647. The Kier molecular flexibility index (Phi) is 4.83. The zero-order chi connectivity index (χ0) is 16.2. The van der Waals surface area contributed by atoms with Gasteiger partial charge in [-0.2, -0.15) is 0 Å². The molecule has 0 saturated heterocycles. The van der Waals surface area contributed by atoms with E-state index in [4.69, 9.17) is 16.3 Å². The number of nitrogens with zero attached hydrogens (tertiary/aromatic N) is 2. The first-order valence-electron chi connectivity index (χ1n) is 7.50. The molecular weight excluding hydrogens is 318 g/mol. The van der Waals surface area contributed by atoms with Crippen LogP contribution in [0.2, 0.25) is 5.02 Å². The Morgan fingerprint density at radius 3 is 3.00 bits per heavy atom. The maximum Gasteiger partial charge on any atom is 0.327 e. The minimum atomic E-state index is -0.318. The summed E-state index contributed by atoms with van der Waals surface area (Å²) in [5.74, 6) is 0.548. The lowest BCUT2D eigenvalue weighted by Crippen LogP contribution is -2.32. The number of allylic oxidation sites excluding steroid dienone is 1. The number of hydrogen-bond acceptors (Lipinski definition) is 4. The molecule has 1 saturated carbocycles. The van der Waals surface area contributed by atoms with Crippen LogP contribution in [0.3, 0.4) is 0 Å². The maximum absolute atomic E-state index is 12.3. The Balaban J connectivity index is 1.72. The summed E-state index contributed by atoms with van der Waals surface area (Å²) in [6, 6.07) is 4.78. The number of rotatable bonds is 3. The number of urea groups is 1. The van der Waals surface area contributed by atoms with Crippen LogP contribution in [0.5, 0.6) is 5.75 Å². The van der Waals surface area contributed by atoms with E-state index in [-0.39, 0.29) is 24.9 Å². The van der Waals surface area contributed by atoms with E-state index in [0.29, 0.717) is 22.9 Å².